The second-order valence-electron chi connectivity index (χ2n) is 6.05. The number of carbonyl (C=O) groups excluding carboxylic acids is 1. The van der Waals surface area contributed by atoms with Gasteiger partial charge in [0.2, 0.25) is 0 Å². The third kappa shape index (κ3) is 5.69. The standard InChI is InChI=1S/C14H19ClN2O4/c1-14(2,3)7-10(18)8-16-13(19)9-4-5-12(17(20)21)11(15)6-9/h4-6,10,18H,7-8H2,1-3H3,(H,16,19). The van der Waals surface area contributed by atoms with Crippen molar-refractivity contribution < 1.29 is 14.8 Å². The van der Waals surface area contributed by atoms with Crippen molar-refractivity contribution in [3.63, 3.8) is 0 Å². The number of nitro groups is 1. The monoisotopic (exact) mass is 314 g/mol. The Morgan fingerprint density at radius 2 is 2.10 bits per heavy atom. The molecule has 6 nitrogen and oxygen atoms in total. The van der Waals surface area contributed by atoms with Crippen LogP contribution in [0.25, 0.3) is 0 Å². The van der Waals surface area contributed by atoms with Gasteiger partial charge < -0.3 is 10.4 Å². The van der Waals surface area contributed by atoms with Crippen molar-refractivity contribution in [2.24, 2.45) is 5.41 Å². The summed E-state index contributed by atoms with van der Waals surface area (Å²) in [5.41, 5.74) is -0.0737. The molecule has 1 unspecified atom stereocenters. The van der Waals surface area contributed by atoms with Gasteiger partial charge in [-0.2, -0.15) is 0 Å². The molecule has 21 heavy (non-hydrogen) atoms. The molecule has 0 spiro atoms. The van der Waals surface area contributed by atoms with Crippen LogP contribution in [-0.4, -0.2) is 28.6 Å². The molecule has 1 aromatic rings. The highest BCUT2D eigenvalue weighted by molar-refractivity contribution is 6.33. The van der Waals surface area contributed by atoms with E-state index in [2.05, 4.69) is 5.32 Å². The molecule has 1 rings (SSSR count). The molecule has 0 saturated heterocycles. The fraction of sp³-hybridized carbons (Fsp3) is 0.500. The molecule has 0 bridgehead atoms. The number of carbonyl (C=O) groups is 1. The first-order valence-electron chi connectivity index (χ1n) is 6.50. The van der Waals surface area contributed by atoms with Crippen LogP contribution >= 0.6 is 11.6 Å². The van der Waals surface area contributed by atoms with Gasteiger partial charge in [-0.25, -0.2) is 0 Å². The van der Waals surface area contributed by atoms with E-state index in [-0.39, 0.29) is 28.2 Å². The minimum atomic E-state index is -0.650. The summed E-state index contributed by atoms with van der Waals surface area (Å²) in [6.45, 7) is 6.10. The normalized spacial score (nSPS) is 12.8. The third-order valence-electron chi connectivity index (χ3n) is 2.75. The molecule has 0 saturated carbocycles. The summed E-state index contributed by atoms with van der Waals surface area (Å²) < 4.78 is 0. The summed E-state index contributed by atoms with van der Waals surface area (Å²) in [7, 11) is 0. The maximum atomic E-state index is 11.9. The Hall–Kier alpha value is -1.66. The quantitative estimate of drug-likeness (QED) is 0.645. The Labute approximate surface area is 128 Å². The Morgan fingerprint density at radius 3 is 2.57 bits per heavy atom. The van der Waals surface area contributed by atoms with E-state index < -0.39 is 16.9 Å². The summed E-state index contributed by atoms with van der Waals surface area (Å²) in [6.07, 6.45) is -0.101. The Balaban J connectivity index is 2.64. The van der Waals surface area contributed by atoms with E-state index in [1.165, 1.54) is 18.2 Å². The number of nitro benzene ring substituents is 1. The van der Waals surface area contributed by atoms with E-state index in [1.807, 2.05) is 20.8 Å². The lowest BCUT2D eigenvalue weighted by Gasteiger charge is -2.22. The summed E-state index contributed by atoms with van der Waals surface area (Å²) in [5.74, 6) is -0.431. The van der Waals surface area contributed by atoms with E-state index in [4.69, 9.17) is 11.6 Å². The number of nitrogens with one attached hydrogen (secondary N) is 1. The van der Waals surface area contributed by atoms with Gasteiger partial charge >= 0.3 is 0 Å². The molecule has 1 atom stereocenters. The summed E-state index contributed by atoms with van der Waals surface area (Å²) in [4.78, 5) is 21.9. The van der Waals surface area contributed by atoms with Crippen LogP contribution in [0.1, 0.15) is 37.6 Å². The van der Waals surface area contributed by atoms with Crippen LogP contribution in [0.15, 0.2) is 18.2 Å². The predicted octanol–water partition coefficient (Wildman–Crippen LogP) is 2.78. The smallest absolute Gasteiger partial charge is 0.287 e. The molecule has 1 aromatic carbocycles. The minimum Gasteiger partial charge on any atom is -0.391 e. The molecule has 1 amide bonds. The van der Waals surface area contributed by atoms with Crippen molar-refractivity contribution >= 4 is 23.2 Å². The molecule has 0 aliphatic heterocycles. The Kier molecular flexibility index (Phi) is 5.69. The average Bonchev–Trinajstić information content (AvgIpc) is 2.33. The molecule has 0 radical (unpaired) electrons. The van der Waals surface area contributed by atoms with Crippen molar-refractivity contribution in [1.82, 2.24) is 5.32 Å². The van der Waals surface area contributed by atoms with Gasteiger partial charge in [0.15, 0.2) is 0 Å². The van der Waals surface area contributed by atoms with Gasteiger partial charge in [-0.05, 0) is 24.0 Å². The van der Waals surface area contributed by atoms with Gasteiger partial charge in [0.1, 0.15) is 5.02 Å². The van der Waals surface area contributed by atoms with Gasteiger partial charge in [-0.3, -0.25) is 14.9 Å². The Bertz CT molecular complexity index is 540. The SMILES string of the molecule is CC(C)(C)CC(O)CNC(=O)c1ccc([N+](=O)[O-])c(Cl)c1. The summed E-state index contributed by atoms with van der Waals surface area (Å²) in [6, 6.07) is 3.75. The van der Waals surface area contributed by atoms with Crippen molar-refractivity contribution in [2.75, 3.05) is 6.54 Å². The van der Waals surface area contributed by atoms with E-state index in [1.54, 1.807) is 0 Å². The Morgan fingerprint density at radius 1 is 1.48 bits per heavy atom. The largest absolute Gasteiger partial charge is 0.391 e. The van der Waals surface area contributed by atoms with Crippen LogP contribution < -0.4 is 5.32 Å². The zero-order valence-electron chi connectivity index (χ0n) is 12.2. The fourth-order valence-corrected chi connectivity index (χ4v) is 2.14. The molecule has 7 heteroatoms. The number of nitrogens with zero attached hydrogens (tertiary/aromatic N) is 1. The number of aliphatic hydroxyl groups is 1. The zero-order valence-corrected chi connectivity index (χ0v) is 13.0. The number of hydrogen-bond acceptors (Lipinski definition) is 4. The highest BCUT2D eigenvalue weighted by Gasteiger charge is 2.19. The molecular weight excluding hydrogens is 296 g/mol. The van der Waals surface area contributed by atoms with E-state index >= 15 is 0 Å². The van der Waals surface area contributed by atoms with Crippen LogP contribution in [-0.2, 0) is 0 Å². The van der Waals surface area contributed by atoms with Crippen LogP contribution in [0.5, 0.6) is 0 Å². The molecule has 0 fully saturated rings. The number of rotatable bonds is 5. The molecule has 0 aromatic heterocycles. The molecule has 116 valence electrons. The maximum absolute atomic E-state index is 11.9. The predicted molar refractivity (Wildman–Crippen MR) is 80.5 cm³/mol. The molecular formula is C14H19ClN2O4. The van der Waals surface area contributed by atoms with Crippen LogP contribution in [0.4, 0.5) is 5.69 Å². The van der Waals surface area contributed by atoms with Crippen molar-refractivity contribution in [3.05, 3.63) is 38.9 Å². The van der Waals surface area contributed by atoms with Crippen LogP contribution in [0, 0.1) is 15.5 Å². The van der Waals surface area contributed by atoms with Crippen LogP contribution in [0.3, 0.4) is 0 Å². The van der Waals surface area contributed by atoms with Crippen molar-refractivity contribution in [1.29, 1.82) is 0 Å². The maximum Gasteiger partial charge on any atom is 0.287 e. The number of benzene rings is 1. The summed E-state index contributed by atoms with van der Waals surface area (Å²) >= 11 is 5.75. The average molecular weight is 315 g/mol. The second-order valence-corrected chi connectivity index (χ2v) is 6.46. The van der Waals surface area contributed by atoms with Gasteiger partial charge in [-0.1, -0.05) is 32.4 Å². The third-order valence-corrected chi connectivity index (χ3v) is 3.06. The first-order valence-corrected chi connectivity index (χ1v) is 6.88. The van der Waals surface area contributed by atoms with E-state index in [0.29, 0.717) is 6.42 Å². The van der Waals surface area contributed by atoms with E-state index in [9.17, 15) is 20.0 Å². The number of aliphatic hydroxyl groups excluding tert-OH is 1. The molecule has 2 N–H and O–H groups in total. The molecule has 0 heterocycles. The number of hydrogen-bond donors (Lipinski definition) is 2. The minimum absolute atomic E-state index is 0.0409. The second kappa shape index (κ2) is 6.87. The highest BCUT2D eigenvalue weighted by Crippen LogP contribution is 2.25. The van der Waals surface area contributed by atoms with E-state index in [0.717, 1.165) is 0 Å². The van der Waals surface area contributed by atoms with Gasteiger partial charge in [-0.15, -0.1) is 0 Å². The van der Waals surface area contributed by atoms with Gasteiger partial charge in [0.05, 0.1) is 11.0 Å². The van der Waals surface area contributed by atoms with Crippen molar-refractivity contribution in [2.45, 2.75) is 33.3 Å². The topological polar surface area (TPSA) is 92.5 Å². The highest BCUT2D eigenvalue weighted by atomic mass is 35.5. The lowest BCUT2D eigenvalue weighted by molar-refractivity contribution is -0.384. The van der Waals surface area contributed by atoms with Crippen LogP contribution in [0.2, 0.25) is 5.02 Å². The first kappa shape index (κ1) is 17.4. The molecule has 0 aliphatic rings. The first-order chi connectivity index (χ1) is 9.60. The van der Waals surface area contributed by atoms with Crippen molar-refractivity contribution in [3.8, 4) is 0 Å². The summed E-state index contributed by atoms with van der Waals surface area (Å²) in [5, 5.41) is 22.9. The lowest BCUT2D eigenvalue weighted by Crippen LogP contribution is -2.34. The number of halogens is 1. The lowest BCUT2D eigenvalue weighted by atomic mass is 9.89. The fourth-order valence-electron chi connectivity index (χ4n) is 1.89. The zero-order chi connectivity index (χ0) is 16.2. The van der Waals surface area contributed by atoms with Gasteiger partial charge in [0, 0.05) is 18.2 Å². The van der Waals surface area contributed by atoms with Gasteiger partial charge in [0.25, 0.3) is 11.6 Å². The molecule has 0 aliphatic carbocycles. The number of amides is 1.